The standard InChI is InChI=1S/C41H70N2O28/c1-14(49)42-22-26(54)33(69-39-30(58)28(56)24(52)16(9-44)63-39)18(11-46)65-37(22)68-35-20(13-48)67-41(62-8-6-4-5-7-21(51)61-3)36(32(35)60)71-38-23(43-15(2)50)27(55)34(19(12-47)66-38)70-40-31(59)29(57)25(53)17(10-45)64-40/h16-20,22-41,44-48,52-60H,4-13H2,1-3H3,(H,42,49)(H,43,50)/t16-,17-,18-,19-,20-,22-,23-,24+,25+,26-,27-,28+,29+,30-,31-,32+,33-,34-,35+,36-,37+,38+,39+,40+,41-/m1/s1. The van der Waals surface area contributed by atoms with Gasteiger partial charge in [-0.2, -0.15) is 0 Å². The Morgan fingerprint density at radius 1 is 0.423 bits per heavy atom. The molecule has 30 heteroatoms. The van der Waals surface area contributed by atoms with E-state index < -0.39 is 204 Å². The second-order valence-corrected chi connectivity index (χ2v) is 17.7. The van der Waals surface area contributed by atoms with Gasteiger partial charge in [-0.05, 0) is 12.8 Å². The van der Waals surface area contributed by atoms with Gasteiger partial charge in [0.2, 0.25) is 11.8 Å². The lowest BCUT2D eigenvalue weighted by molar-refractivity contribution is -0.387. The number of aliphatic hydroxyl groups is 14. The van der Waals surface area contributed by atoms with E-state index in [0.29, 0.717) is 19.3 Å². The van der Waals surface area contributed by atoms with Crippen LogP contribution in [0.15, 0.2) is 0 Å². The third kappa shape index (κ3) is 14.2. The first-order chi connectivity index (χ1) is 33.7. The molecule has 2 amide bonds. The number of hydrogen-bond acceptors (Lipinski definition) is 28. The van der Waals surface area contributed by atoms with E-state index in [0.717, 1.165) is 13.8 Å². The number of hydrogen-bond donors (Lipinski definition) is 16. The minimum Gasteiger partial charge on any atom is -0.469 e. The van der Waals surface area contributed by atoms with E-state index >= 15 is 0 Å². The molecule has 25 atom stereocenters. The molecule has 0 radical (unpaired) electrons. The third-order valence-corrected chi connectivity index (χ3v) is 12.6. The molecule has 0 unspecified atom stereocenters. The molecule has 5 aliphatic rings. The van der Waals surface area contributed by atoms with Gasteiger partial charge in [0.05, 0.1) is 40.1 Å². The molecule has 5 rings (SSSR count). The molecule has 5 heterocycles. The average molecular weight is 1040 g/mol. The second-order valence-electron chi connectivity index (χ2n) is 17.7. The zero-order chi connectivity index (χ0) is 52.4. The predicted molar refractivity (Wildman–Crippen MR) is 224 cm³/mol. The van der Waals surface area contributed by atoms with Gasteiger partial charge < -0.3 is 134 Å². The van der Waals surface area contributed by atoms with E-state index in [9.17, 15) is 85.9 Å². The largest absolute Gasteiger partial charge is 0.469 e. The van der Waals surface area contributed by atoms with Crippen molar-refractivity contribution < 1.29 is 138 Å². The van der Waals surface area contributed by atoms with Crippen LogP contribution in [0.2, 0.25) is 0 Å². The van der Waals surface area contributed by atoms with Crippen LogP contribution in [0, 0.1) is 0 Å². The fourth-order valence-electron chi connectivity index (χ4n) is 8.80. The molecule has 0 aromatic heterocycles. The molecule has 0 aromatic rings. The maximum atomic E-state index is 12.6. The lowest BCUT2D eigenvalue weighted by Gasteiger charge is -2.51. The minimum atomic E-state index is -2.03. The predicted octanol–water partition coefficient (Wildman–Crippen LogP) is -9.88. The molecule has 0 aliphatic carbocycles. The number of nitrogens with one attached hydrogen (secondary N) is 2. The summed E-state index contributed by atoms with van der Waals surface area (Å²) in [6, 6.07) is -3.36. The minimum absolute atomic E-state index is 0.0979. The first-order valence-electron chi connectivity index (χ1n) is 23.0. The van der Waals surface area contributed by atoms with Crippen LogP contribution in [0.5, 0.6) is 0 Å². The van der Waals surface area contributed by atoms with Crippen LogP contribution in [-0.4, -0.2) is 289 Å². The second kappa shape index (κ2) is 27.3. The first kappa shape index (κ1) is 59.3. The number of methoxy groups -OCH3 is 1. The molecule has 0 saturated carbocycles. The van der Waals surface area contributed by atoms with Gasteiger partial charge in [-0.25, -0.2) is 0 Å². The molecular weight excluding hydrogens is 968 g/mol. The van der Waals surface area contributed by atoms with Crippen LogP contribution in [-0.2, 0) is 66.5 Å². The summed E-state index contributed by atoms with van der Waals surface area (Å²) in [4.78, 5) is 36.8. The van der Waals surface area contributed by atoms with E-state index in [1.807, 2.05) is 0 Å². The smallest absolute Gasteiger partial charge is 0.305 e. The monoisotopic (exact) mass is 1040 g/mol. The normalized spacial score (nSPS) is 44.2. The Kier molecular flexibility index (Phi) is 22.8. The number of aliphatic hydroxyl groups excluding tert-OH is 14. The fraction of sp³-hybridized carbons (Fsp3) is 0.927. The van der Waals surface area contributed by atoms with Crippen molar-refractivity contribution in [3.05, 3.63) is 0 Å². The Labute approximate surface area is 405 Å². The van der Waals surface area contributed by atoms with Crippen LogP contribution in [0.4, 0.5) is 0 Å². The van der Waals surface area contributed by atoms with Crippen LogP contribution < -0.4 is 10.6 Å². The molecule has 16 N–H and O–H groups in total. The van der Waals surface area contributed by atoms with Gasteiger partial charge in [0.1, 0.15) is 122 Å². The van der Waals surface area contributed by atoms with Crippen molar-refractivity contribution in [1.82, 2.24) is 10.6 Å². The lowest BCUT2D eigenvalue weighted by Crippen LogP contribution is -2.70. The van der Waals surface area contributed by atoms with Crippen molar-refractivity contribution in [1.29, 1.82) is 0 Å². The summed E-state index contributed by atoms with van der Waals surface area (Å²) >= 11 is 0. The molecule has 0 bridgehead atoms. The molecular formula is C41H70N2O28. The number of esters is 1. The molecule has 71 heavy (non-hydrogen) atoms. The first-order valence-corrected chi connectivity index (χ1v) is 23.0. The number of ether oxygens (including phenoxy) is 11. The Morgan fingerprint density at radius 2 is 0.789 bits per heavy atom. The van der Waals surface area contributed by atoms with Gasteiger partial charge >= 0.3 is 5.97 Å². The van der Waals surface area contributed by atoms with Crippen molar-refractivity contribution in [2.75, 3.05) is 46.8 Å². The zero-order valence-electron chi connectivity index (χ0n) is 39.0. The highest BCUT2D eigenvalue weighted by molar-refractivity contribution is 5.73. The van der Waals surface area contributed by atoms with E-state index in [-0.39, 0.29) is 13.0 Å². The number of amides is 2. The number of unbranched alkanes of at least 4 members (excludes halogenated alkanes) is 2. The van der Waals surface area contributed by atoms with Crippen LogP contribution in [0.3, 0.4) is 0 Å². The van der Waals surface area contributed by atoms with Crippen LogP contribution >= 0.6 is 0 Å². The molecule has 5 fully saturated rings. The van der Waals surface area contributed by atoms with Crippen molar-refractivity contribution in [2.45, 2.75) is 193 Å². The zero-order valence-corrected chi connectivity index (χ0v) is 39.0. The Balaban J connectivity index is 1.43. The molecule has 30 nitrogen and oxygen atoms in total. The summed E-state index contributed by atoms with van der Waals surface area (Å²) in [5.74, 6) is -2.02. The highest BCUT2D eigenvalue weighted by Crippen LogP contribution is 2.36. The van der Waals surface area contributed by atoms with Crippen LogP contribution in [0.1, 0.15) is 39.5 Å². The van der Waals surface area contributed by atoms with Gasteiger partial charge in [0.15, 0.2) is 31.5 Å². The van der Waals surface area contributed by atoms with E-state index in [1.54, 1.807) is 0 Å². The van der Waals surface area contributed by atoms with Crippen molar-refractivity contribution >= 4 is 17.8 Å². The highest BCUT2D eigenvalue weighted by atomic mass is 16.8. The maximum absolute atomic E-state index is 12.6. The molecule has 5 aliphatic heterocycles. The summed E-state index contributed by atoms with van der Waals surface area (Å²) in [7, 11) is 1.24. The third-order valence-electron chi connectivity index (χ3n) is 12.6. The summed E-state index contributed by atoms with van der Waals surface area (Å²) in [6.45, 7) is -2.54. The summed E-state index contributed by atoms with van der Waals surface area (Å²) in [6.07, 6.45) is -39.9. The summed E-state index contributed by atoms with van der Waals surface area (Å²) < 4.78 is 63.5. The van der Waals surface area contributed by atoms with Gasteiger partial charge in [0.25, 0.3) is 0 Å². The fourth-order valence-corrected chi connectivity index (χ4v) is 8.80. The highest BCUT2D eigenvalue weighted by Gasteiger charge is 2.57. The molecule has 0 spiro atoms. The summed E-state index contributed by atoms with van der Waals surface area (Å²) in [5, 5.41) is 154. The van der Waals surface area contributed by atoms with Gasteiger partial charge in [-0.15, -0.1) is 0 Å². The molecule has 5 saturated heterocycles. The van der Waals surface area contributed by atoms with E-state index in [1.165, 1.54) is 7.11 Å². The Bertz CT molecular complexity index is 1660. The lowest BCUT2D eigenvalue weighted by atomic mass is 9.94. The molecule has 412 valence electrons. The van der Waals surface area contributed by atoms with E-state index in [2.05, 4.69) is 15.4 Å². The van der Waals surface area contributed by atoms with Crippen molar-refractivity contribution in [3.8, 4) is 0 Å². The Hall–Kier alpha value is -2.55. The Morgan fingerprint density at radius 3 is 1.18 bits per heavy atom. The average Bonchev–Trinajstić information content (AvgIpc) is 3.34. The van der Waals surface area contributed by atoms with E-state index in [4.69, 9.17) is 47.4 Å². The summed E-state index contributed by atoms with van der Waals surface area (Å²) in [5.41, 5.74) is 0. The maximum Gasteiger partial charge on any atom is 0.305 e. The SMILES string of the molecule is COC(=O)CCCCCO[C@@H]1O[C@H](CO)[C@H](O[C@@H]2O[C@H](CO)[C@@H](O[C@@H]3O[C@H](CO)[C@H](O)[C@H](O)[C@H]3O)[C@H](O)[C@H]2NC(C)=O)[C@H](O)[C@H]1O[C@@H]1O[C@H](CO)[C@@H](O[C@@H]2O[C@H](CO)[C@H](O)[C@H](O)[C@H]2O)[C@H](O)[C@H]1NC(C)=O. The number of carbonyl (C=O) groups excluding carboxylic acids is 3. The van der Waals surface area contributed by atoms with Crippen molar-refractivity contribution in [3.63, 3.8) is 0 Å². The topological polar surface area (TPSA) is 460 Å². The van der Waals surface area contributed by atoms with Gasteiger partial charge in [-0.1, -0.05) is 6.42 Å². The number of rotatable bonds is 22. The van der Waals surface area contributed by atoms with Gasteiger partial charge in [0, 0.05) is 26.9 Å². The van der Waals surface area contributed by atoms with Crippen molar-refractivity contribution in [2.24, 2.45) is 0 Å². The quantitative estimate of drug-likeness (QED) is 0.0354. The number of carbonyl (C=O) groups is 3. The van der Waals surface area contributed by atoms with Crippen LogP contribution in [0.25, 0.3) is 0 Å². The van der Waals surface area contributed by atoms with Gasteiger partial charge in [-0.3, -0.25) is 14.4 Å². The molecule has 0 aromatic carbocycles.